The summed E-state index contributed by atoms with van der Waals surface area (Å²) < 4.78 is 76.3. The molecule has 39 heavy (non-hydrogen) atoms. The summed E-state index contributed by atoms with van der Waals surface area (Å²) in [6, 6.07) is 12.0. The van der Waals surface area contributed by atoms with Crippen LogP contribution in [-0.4, -0.2) is 19.8 Å². The molecule has 0 aliphatic carbocycles. The minimum Gasteiger partial charge on any atom is -0.490 e. The van der Waals surface area contributed by atoms with E-state index < -0.39 is 29.6 Å². The average molecular weight is 543 g/mol. The highest BCUT2D eigenvalue weighted by Crippen LogP contribution is 2.35. The maximum atomic E-state index is 15.1. The van der Waals surface area contributed by atoms with E-state index in [-0.39, 0.29) is 28.4 Å². The van der Waals surface area contributed by atoms with Crippen LogP contribution in [-0.2, 0) is 9.47 Å². The Morgan fingerprint density at radius 2 is 1.41 bits per heavy atom. The molecule has 3 aromatic rings. The van der Waals surface area contributed by atoms with Crippen molar-refractivity contribution >= 4 is 0 Å². The molecule has 3 nitrogen and oxygen atoms in total. The highest BCUT2D eigenvalue weighted by molar-refractivity contribution is 5.71. The van der Waals surface area contributed by atoms with Gasteiger partial charge in [-0.3, -0.25) is 0 Å². The molecule has 0 N–H and O–H groups in total. The van der Waals surface area contributed by atoms with Crippen LogP contribution in [0.3, 0.4) is 0 Å². The maximum absolute atomic E-state index is 15.1. The zero-order valence-corrected chi connectivity index (χ0v) is 22.3. The summed E-state index contributed by atoms with van der Waals surface area (Å²) >= 11 is 0. The molecule has 0 unspecified atom stereocenters. The van der Waals surface area contributed by atoms with Gasteiger partial charge in [0.05, 0.1) is 19.8 Å². The van der Waals surface area contributed by atoms with Gasteiger partial charge in [-0.1, -0.05) is 68.3 Å². The fourth-order valence-corrected chi connectivity index (χ4v) is 4.59. The SMILES string of the molecule is CC=CCCC1COC(c2ccc(-c3ccc(-c4ccc(OCCCCC)c(F)c4F)cc3)c(F)c2F)OC1. The summed E-state index contributed by atoms with van der Waals surface area (Å²) in [5.74, 6) is -4.05. The summed E-state index contributed by atoms with van der Waals surface area (Å²) in [7, 11) is 0. The first-order valence-corrected chi connectivity index (χ1v) is 13.5. The predicted molar refractivity (Wildman–Crippen MR) is 144 cm³/mol. The molecule has 0 amide bonds. The van der Waals surface area contributed by atoms with Crippen LogP contribution in [0.25, 0.3) is 22.3 Å². The molecule has 0 aromatic heterocycles. The number of allylic oxidation sites excluding steroid dienone is 2. The third-order valence-corrected chi connectivity index (χ3v) is 6.87. The first-order chi connectivity index (χ1) is 18.9. The van der Waals surface area contributed by atoms with Crippen LogP contribution in [0, 0.1) is 29.2 Å². The van der Waals surface area contributed by atoms with Gasteiger partial charge >= 0.3 is 0 Å². The lowest BCUT2D eigenvalue weighted by atomic mass is 9.98. The van der Waals surface area contributed by atoms with Crippen LogP contribution in [0.4, 0.5) is 17.6 Å². The molecule has 7 heteroatoms. The van der Waals surface area contributed by atoms with Crippen LogP contribution in [0.5, 0.6) is 5.75 Å². The minimum atomic E-state index is -1.05. The number of hydrogen-bond donors (Lipinski definition) is 0. The van der Waals surface area contributed by atoms with Gasteiger partial charge in [0, 0.05) is 22.6 Å². The van der Waals surface area contributed by atoms with Crippen molar-refractivity contribution in [3.63, 3.8) is 0 Å². The van der Waals surface area contributed by atoms with E-state index in [2.05, 4.69) is 6.08 Å². The maximum Gasteiger partial charge on any atom is 0.201 e. The van der Waals surface area contributed by atoms with E-state index in [0.29, 0.717) is 30.9 Å². The smallest absolute Gasteiger partial charge is 0.201 e. The average Bonchev–Trinajstić information content (AvgIpc) is 2.96. The van der Waals surface area contributed by atoms with E-state index in [4.69, 9.17) is 14.2 Å². The highest BCUT2D eigenvalue weighted by atomic mass is 19.2. The van der Waals surface area contributed by atoms with Gasteiger partial charge in [0.15, 0.2) is 29.5 Å². The lowest BCUT2D eigenvalue weighted by Gasteiger charge is -2.29. The van der Waals surface area contributed by atoms with E-state index in [9.17, 15) is 8.78 Å². The van der Waals surface area contributed by atoms with Crippen molar-refractivity contribution in [2.24, 2.45) is 5.92 Å². The quantitative estimate of drug-likeness (QED) is 0.137. The summed E-state index contributed by atoms with van der Waals surface area (Å²) in [6.07, 6.45) is 7.61. The zero-order valence-electron chi connectivity index (χ0n) is 22.3. The number of benzene rings is 3. The Bertz CT molecular complexity index is 1270. The Balaban J connectivity index is 1.46. The molecule has 1 aliphatic heterocycles. The summed E-state index contributed by atoms with van der Waals surface area (Å²) in [5, 5.41) is 0. The normalized spacial score (nSPS) is 17.6. The van der Waals surface area contributed by atoms with Crippen molar-refractivity contribution in [3.8, 4) is 28.0 Å². The minimum absolute atomic E-state index is 0.00863. The molecule has 0 spiro atoms. The van der Waals surface area contributed by atoms with Gasteiger partial charge in [0.25, 0.3) is 0 Å². The Morgan fingerprint density at radius 1 is 0.795 bits per heavy atom. The van der Waals surface area contributed by atoms with Crippen LogP contribution in [0.2, 0.25) is 0 Å². The van der Waals surface area contributed by atoms with Gasteiger partial charge in [-0.05, 0) is 49.4 Å². The fourth-order valence-electron chi connectivity index (χ4n) is 4.59. The Kier molecular flexibility index (Phi) is 10.2. The molecule has 0 atom stereocenters. The molecule has 4 rings (SSSR count). The topological polar surface area (TPSA) is 27.7 Å². The Labute approximate surface area is 227 Å². The van der Waals surface area contributed by atoms with Crippen LogP contribution >= 0.6 is 0 Å². The van der Waals surface area contributed by atoms with Crippen LogP contribution in [0.15, 0.2) is 60.7 Å². The van der Waals surface area contributed by atoms with Gasteiger partial charge in [-0.25, -0.2) is 13.2 Å². The largest absolute Gasteiger partial charge is 0.490 e. The standard InChI is InChI=1S/C32H34F4O3/c1-3-5-7-9-21-19-38-32(39-20-21)26-15-14-24(28(33)30(26)35)22-10-12-23(13-11-22)25-16-17-27(31(36)29(25)34)37-18-8-6-4-2/h3,5,10-17,21,32H,4,6-9,18-20H2,1-2H3. The molecule has 1 aliphatic rings. The first-order valence-electron chi connectivity index (χ1n) is 13.5. The van der Waals surface area contributed by atoms with E-state index in [1.807, 2.05) is 19.9 Å². The van der Waals surface area contributed by atoms with E-state index >= 15 is 8.78 Å². The summed E-state index contributed by atoms with van der Waals surface area (Å²) in [5.41, 5.74) is 0.906. The second-order valence-electron chi connectivity index (χ2n) is 9.71. The van der Waals surface area contributed by atoms with Gasteiger partial charge < -0.3 is 14.2 Å². The van der Waals surface area contributed by atoms with Crippen molar-refractivity contribution in [1.82, 2.24) is 0 Å². The monoisotopic (exact) mass is 542 g/mol. The molecule has 1 heterocycles. The van der Waals surface area contributed by atoms with Crippen molar-refractivity contribution in [2.45, 2.75) is 52.2 Å². The van der Waals surface area contributed by atoms with Gasteiger partial charge in [-0.15, -0.1) is 0 Å². The fraction of sp³-hybridized carbons (Fsp3) is 0.375. The first kappa shape index (κ1) is 28.8. The van der Waals surface area contributed by atoms with E-state index in [1.54, 1.807) is 24.3 Å². The van der Waals surface area contributed by atoms with Gasteiger partial charge in [0.1, 0.15) is 0 Å². The molecular weight excluding hydrogens is 508 g/mol. The lowest BCUT2D eigenvalue weighted by molar-refractivity contribution is -0.207. The number of halogens is 4. The van der Waals surface area contributed by atoms with E-state index in [1.165, 1.54) is 24.3 Å². The Morgan fingerprint density at radius 3 is 2.03 bits per heavy atom. The van der Waals surface area contributed by atoms with Crippen LogP contribution in [0.1, 0.15) is 57.8 Å². The van der Waals surface area contributed by atoms with E-state index in [0.717, 1.165) is 32.1 Å². The molecule has 3 aromatic carbocycles. The highest BCUT2D eigenvalue weighted by Gasteiger charge is 2.28. The van der Waals surface area contributed by atoms with Crippen molar-refractivity contribution in [1.29, 1.82) is 0 Å². The molecular formula is C32H34F4O3. The van der Waals surface area contributed by atoms with Crippen molar-refractivity contribution < 1.29 is 31.8 Å². The molecule has 0 bridgehead atoms. The number of unbranched alkanes of at least 4 members (excludes halogenated alkanes) is 2. The number of rotatable bonds is 11. The van der Waals surface area contributed by atoms with Gasteiger partial charge in [-0.2, -0.15) is 4.39 Å². The summed E-state index contributed by atoms with van der Waals surface area (Å²) in [4.78, 5) is 0. The second-order valence-corrected chi connectivity index (χ2v) is 9.71. The molecule has 208 valence electrons. The van der Waals surface area contributed by atoms with Crippen molar-refractivity contribution in [2.75, 3.05) is 19.8 Å². The zero-order chi connectivity index (χ0) is 27.8. The number of ether oxygens (including phenoxy) is 3. The van der Waals surface area contributed by atoms with Crippen LogP contribution < -0.4 is 4.74 Å². The number of hydrogen-bond acceptors (Lipinski definition) is 3. The summed E-state index contributed by atoms with van der Waals surface area (Å²) in [6.45, 7) is 5.15. The third kappa shape index (κ3) is 6.89. The molecule has 0 radical (unpaired) electrons. The Hall–Kier alpha value is -3.16. The van der Waals surface area contributed by atoms with Crippen molar-refractivity contribution in [3.05, 3.63) is 89.5 Å². The lowest BCUT2D eigenvalue weighted by Crippen LogP contribution is -2.27. The second kappa shape index (κ2) is 13.8. The third-order valence-electron chi connectivity index (χ3n) is 6.87. The molecule has 0 saturated carbocycles. The predicted octanol–water partition coefficient (Wildman–Crippen LogP) is 9.16. The molecule has 1 fully saturated rings. The van der Waals surface area contributed by atoms with Gasteiger partial charge in [0.2, 0.25) is 5.82 Å². The molecule has 1 saturated heterocycles.